The van der Waals surface area contributed by atoms with Crippen molar-refractivity contribution >= 4 is 46.9 Å². The zero-order valence-electron chi connectivity index (χ0n) is 4.17. The molecule has 0 aromatic carbocycles. The fourth-order valence-electron chi connectivity index (χ4n) is 0.385. The van der Waals surface area contributed by atoms with Crippen LogP contribution in [0.1, 0.15) is 0 Å². The molecular weight excluding hydrogens is 128 g/mol. The van der Waals surface area contributed by atoms with Crippen LogP contribution >= 0.6 is 0 Å². The second kappa shape index (κ2) is 4.97. The van der Waals surface area contributed by atoms with Crippen molar-refractivity contribution in [3.05, 3.63) is 29.6 Å². The Morgan fingerprint density at radius 3 is 1.57 bits per heavy atom. The quantitative estimate of drug-likeness (QED) is 0.450. The van der Waals surface area contributed by atoms with Crippen molar-refractivity contribution in [1.82, 2.24) is 0 Å². The van der Waals surface area contributed by atoms with Gasteiger partial charge in [-0.05, 0) is 0 Å². The second-order valence-electron chi connectivity index (χ2n) is 1.15. The van der Waals surface area contributed by atoms with Crippen LogP contribution in [0.4, 0.5) is 0 Å². The summed E-state index contributed by atoms with van der Waals surface area (Å²) in [4.78, 5) is 0. The first-order chi connectivity index (χ1) is 3.00. The Kier molecular flexibility index (Phi) is 5.56. The van der Waals surface area contributed by atoms with E-state index in [0.717, 1.165) is 0 Å². The zero-order chi connectivity index (χ0) is 4.24. The van der Waals surface area contributed by atoms with Gasteiger partial charge in [-0.3, -0.25) is 0 Å². The summed E-state index contributed by atoms with van der Waals surface area (Å²) in [5, 5.41) is 0. The molecule has 0 aliphatic rings. The van der Waals surface area contributed by atoms with Gasteiger partial charge >= 0.3 is 0 Å². The van der Waals surface area contributed by atoms with Gasteiger partial charge in [0.15, 0.2) is 0 Å². The standard InChI is InChI=1S/C5H6Si.Ca/c1-2-4-6-5-3-1;/h1-6H;. The molecule has 0 unspecified atom stereocenters. The Balaban J connectivity index is 0.000000360. The van der Waals surface area contributed by atoms with Gasteiger partial charge in [-0.15, -0.1) is 0 Å². The van der Waals surface area contributed by atoms with Crippen LogP contribution in [0.3, 0.4) is 0 Å². The van der Waals surface area contributed by atoms with Crippen LogP contribution in [0.25, 0.3) is 0 Å². The number of hydrogen-bond acceptors (Lipinski definition) is 0. The average Bonchev–Trinajstić information content (AvgIpc) is 1.72. The van der Waals surface area contributed by atoms with Gasteiger partial charge in [0, 0.05) is 46.9 Å². The molecule has 0 spiro atoms. The third-order valence-corrected chi connectivity index (χ3v) is 1.56. The van der Waals surface area contributed by atoms with E-state index in [1.807, 2.05) is 0 Å². The minimum atomic E-state index is 0. The van der Waals surface area contributed by atoms with Gasteiger partial charge in [-0.1, -0.05) is 29.6 Å². The van der Waals surface area contributed by atoms with Crippen molar-refractivity contribution in [2.45, 2.75) is 0 Å². The molecule has 0 bridgehead atoms. The van der Waals surface area contributed by atoms with Crippen LogP contribution < -0.4 is 0 Å². The fourth-order valence-corrected chi connectivity index (χ4v) is 1.03. The van der Waals surface area contributed by atoms with Crippen molar-refractivity contribution in [1.29, 1.82) is 0 Å². The first kappa shape index (κ1) is 7.83. The molecule has 0 fully saturated rings. The molecule has 0 aliphatic carbocycles. The summed E-state index contributed by atoms with van der Waals surface area (Å²) in [6.07, 6.45) is 0. The van der Waals surface area contributed by atoms with Crippen LogP contribution in [0.5, 0.6) is 0 Å². The molecule has 2 radical (unpaired) electrons. The normalized spacial score (nSPS) is 6.86. The molecule has 0 N–H and O–H groups in total. The van der Waals surface area contributed by atoms with Crippen molar-refractivity contribution in [2.24, 2.45) is 0 Å². The third-order valence-electron chi connectivity index (χ3n) is 0.667. The van der Waals surface area contributed by atoms with E-state index < -0.39 is 0 Å². The van der Waals surface area contributed by atoms with Gasteiger partial charge in [0.05, 0.1) is 0 Å². The first-order valence-corrected chi connectivity index (χ1v) is 3.33. The Morgan fingerprint density at radius 2 is 1.43 bits per heavy atom. The summed E-state index contributed by atoms with van der Waals surface area (Å²) >= 11 is 0. The van der Waals surface area contributed by atoms with Gasteiger partial charge in [0.2, 0.25) is 0 Å². The van der Waals surface area contributed by atoms with E-state index in [9.17, 15) is 0 Å². The van der Waals surface area contributed by atoms with Gasteiger partial charge < -0.3 is 0 Å². The molecule has 1 heterocycles. The summed E-state index contributed by atoms with van der Waals surface area (Å²) < 4.78 is 0. The number of rotatable bonds is 0. The molecule has 0 nitrogen and oxygen atoms in total. The Hall–Kier alpha value is 0.827. The minimum absolute atomic E-state index is 0. The summed E-state index contributed by atoms with van der Waals surface area (Å²) in [7, 11) is 0.513. The average molecular weight is 134 g/mol. The predicted molar refractivity (Wildman–Crippen MR) is 34.9 cm³/mol. The van der Waals surface area contributed by atoms with E-state index >= 15 is 0 Å². The Morgan fingerprint density at radius 1 is 0.857 bits per heavy atom. The van der Waals surface area contributed by atoms with Gasteiger partial charge in [-0.25, -0.2) is 0 Å². The summed E-state index contributed by atoms with van der Waals surface area (Å²) in [6.45, 7) is 0. The number of hydrogen-bond donors (Lipinski definition) is 0. The van der Waals surface area contributed by atoms with Crippen LogP contribution in [0.15, 0.2) is 29.6 Å². The van der Waals surface area contributed by atoms with E-state index in [2.05, 4.69) is 29.6 Å². The van der Waals surface area contributed by atoms with E-state index in [1.165, 1.54) is 0 Å². The van der Waals surface area contributed by atoms with Crippen molar-refractivity contribution in [3.63, 3.8) is 0 Å². The van der Waals surface area contributed by atoms with E-state index in [0.29, 0.717) is 9.12 Å². The fraction of sp³-hybridized carbons (Fsp3) is 0. The summed E-state index contributed by atoms with van der Waals surface area (Å²) in [5.74, 6) is 0. The smallest absolute Gasteiger partial charge is 0.0198 e. The predicted octanol–water partition coefficient (Wildman–Crippen LogP) is 0.376. The largest absolute Gasteiger partial charge is 0.0805 e. The van der Waals surface area contributed by atoms with E-state index in [4.69, 9.17) is 0 Å². The second-order valence-corrected chi connectivity index (χ2v) is 2.31. The van der Waals surface area contributed by atoms with Crippen LogP contribution in [0, 0.1) is 0 Å². The molecule has 2 heteroatoms. The van der Waals surface area contributed by atoms with E-state index in [-0.39, 0.29) is 37.7 Å². The molecule has 7 heavy (non-hydrogen) atoms. The maximum atomic E-state index is 2.21. The summed E-state index contributed by atoms with van der Waals surface area (Å²) in [5.41, 5.74) is 4.42. The van der Waals surface area contributed by atoms with Gasteiger partial charge in [-0.2, -0.15) is 0 Å². The van der Waals surface area contributed by atoms with Crippen molar-refractivity contribution in [3.8, 4) is 0 Å². The van der Waals surface area contributed by atoms with Crippen LogP contribution in [-0.4, -0.2) is 46.9 Å². The van der Waals surface area contributed by atoms with Crippen LogP contribution in [0.2, 0.25) is 0 Å². The SMILES string of the molecule is [Ca].c1cc[siH]cc1. The topological polar surface area (TPSA) is 0 Å². The Labute approximate surface area is 75.7 Å². The first-order valence-electron chi connectivity index (χ1n) is 2.00. The third kappa shape index (κ3) is 3.41. The van der Waals surface area contributed by atoms with Crippen molar-refractivity contribution < 1.29 is 0 Å². The minimum Gasteiger partial charge on any atom is -0.0805 e. The monoisotopic (exact) mass is 134 g/mol. The maximum absolute atomic E-state index is 2.21. The summed E-state index contributed by atoms with van der Waals surface area (Å²) in [6, 6.07) is 6.24. The van der Waals surface area contributed by atoms with Crippen LogP contribution in [-0.2, 0) is 0 Å². The molecular formula is C5H6CaSi. The molecule has 1 aromatic rings. The van der Waals surface area contributed by atoms with Gasteiger partial charge in [0.25, 0.3) is 0 Å². The molecule has 1 aromatic heterocycles. The molecule has 0 saturated heterocycles. The Bertz CT molecular complexity index is 80.0. The molecule has 1 rings (SSSR count). The molecule has 0 aliphatic heterocycles. The maximum Gasteiger partial charge on any atom is 0.0198 e. The van der Waals surface area contributed by atoms with Crippen molar-refractivity contribution in [2.75, 3.05) is 0 Å². The molecule has 0 atom stereocenters. The molecule has 0 saturated carbocycles. The zero-order valence-corrected chi connectivity index (χ0v) is 7.53. The molecule has 32 valence electrons. The van der Waals surface area contributed by atoms with E-state index in [1.54, 1.807) is 0 Å². The molecule has 0 amide bonds. The van der Waals surface area contributed by atoms with Gasteiger partial charge in [0.1, 0.15) is 0 Å².